The quantitative estimate of drug-likeness (QED) is 0.592. The standard InChI is InChI=1S/C7H15N3O2/c1-7(2,5(8)11)9-6(12)10(3)4/h1-4H3,(H2,8,11)(H,9,12). The Morgan fingerprint density at radius 3 is 2.00 bits per heavy atom. The van der Waals surface area contributed by atoms with Crippen LogP contribution in [0.5, 0.6) is 0 Å². The molecule has 0 spiro atoms. The fourth-order valence-corrected chi connectivity index (χ4v) is 0.441. The molecule has 0 atom stereocenters. The van der Waals surface area contributed by atoms with Crippen molar-refractivity contribution in [3.8, 4) is 0 Å². The van der Waals surface area contributed by atoms with Crippen LogP contribution in [0.4, 0.5) is 4.79 Å². The first-order chi connectivity index (χ1) is 5.27. The van der Waals surface area contributed by atoms with Crippen molar-refractivity contribution in [2.45, 2.75) is 19.4 Å². The summed E-state index contributed by atoms with van der Waals surface area (Å²) in [5.41, 5.74) is 4.05. The highest BCUT2D eigenvalue weighted by atomic mass is 16.2. The molecule has 0 unspecified atom stereocenters. The summed E-state index contributed by atoms with van der Waals surface area (Å²) in [4.78, 5) is 23.2. The molecule has 0 saturated heterocycles. The fraction of sp³-hybridized carbons (Fsp3) is 0.714. The summed E-state index contributed by atoms with van der Waals surface area (Å²) in [5.74, 6) is -0.558. The number of amides is 3. The Morgan fingerprint density at radius 1 is 1.33 bits per heavy atom. The van der Waals surface area contributed by atoms with E-state index in [1.807, 2.05) is 0 Å². The molecule has 0 aromatic rings. The second-order valence-electron chi connectivity index (χ2n) is 3.31. The lowest BCUT2D eigenvalue weighted by molar-refractivity contribution is -0.122. The highest BCUT2D eigenvalue weighted by Gasteiger charge is 2.27. The van der Waals surface area contributed by atoms with Gasteiger partial charge in [0.05, 0.1) is 0 Å². The molecule has 0 aromatic heterocycles. The minimum Gasteiger partial charge on any atom is -0.368 e. The number of urea groups is 1. The van der Waals surface area contributed by atoms with Gasteiger partial charge in [-0.3, -0.25) is 4.79 Å². The van der Waals surface area contributed by atoms with E-state index >= 15 is 0 Å². The second kappa shape index (κ2) is 3.42. The first-order valence-electron chi connectivity index (χ1n) is 3.56. The van der Waals surface area contributed by atoms with Crippen LogP contribution >= 0.6 is 0 Å². The number of nitrogens with two attached hydrogens (primary N) is 1. The summed E-state index contributed by atoms with van der Waals surface area (Å²) in [5, 5.41) is 2.47. The van der Waals surface area contributed by atoms with Crippen LogP contribution < -0.4 is 11.1 Å². The van der Waals surface area contributed by atoms with E-state index in [-0.39, 0.29) is 6.03 Å². The van der Waals surface area contributed by atoms with Crippen LogP contribution in [0.3, 0.4) is 0 Å². The van der Waals surface area contributed by atoms with E-state index in [0.717, 1.165) is 0 Å². The van der Waals surface area contributed by atoms with Crippen molar-refractivity contribution in [1.29, 1.82) is 0 Å². The van der Waals surface area contributed by atoms with Gasteiger partial charge < -0.3 is 16.0 Å². The van der Waals surface area contributed by atoms with Crippen molar-refractivity contribution < 1.29 is 9.59 Å². The zero-order chi connectivity index (χ0) is 9.94. The van der Waals surface area contributed by atoms with Crippen LogP contribution in [0.25, 0.3) is 0 Å². The maximum atomic E-state index is 11.1. The van der Waals surface area contributed by atoms with Gasteiger partial charge in [0.1, 0.15) is 5.54 Å². The number of carbonyl (C=O) groups excluding carboxylic acids is 2. The molecule has 0 aliphatic heterocycles. The van der Waals surface area contributed by atoms with Gasteiger partial charge in [0.25, 0.3) is 0 Å². The van der Waals surface area contributed by atoms with E-state index in [0.29, 0.717) is 0 Å². The summed E-state index contributed by atoms with van der Waals surface area (Å²) in [6.07, 6.45) is 0. The molecule has 3 N–H and O–H groups in total. The first kappa shape index (κ1) is 10.7. The van der Waals surface area contributed by atoms with Crippen molar-refractivity contribution in [1.82, 2.24) is 10.2 Å². The molecule has 0 aromatic carbocycles. The van der Waals surface area contributed by atoms with Gasteiger partial charge in [0.15, 0.2) is 0 Å². The maximum Gasteiger partial charge on any atom is 0.317 e. The Morgan fingerprint density at radius 2 is 1.75 bits per heavy atom. The molecular weight excluding hydrogens is 158 g/mol. The van der Waals surface area contributed by atoms with Crippen LogP contribution in [-0.4, -0.2) is 36.5 Å². The molecule has 0 aliphatic carbocycles. The van der Waals surface area contributed by atoms with Gasteiger partial charge in [-0.2, -0.15) is 0 Å². The van der Waals surface area contributed by atoms with Crippen molar-refractivity contribution >= 4 is 11.9 Å². The predicted octanol–water partition coefficient (Wildman–Crippen LogP) is -0.478. The van der Waals surface area contributed by atoms with E-state index in [4.69, 9.17) is 5.73 Å². The predicted molar refractivity (Wildman–Crippen MR) is 45.5 cm³/mol. The Labute approximate surface area is 71.9 Å². The summed E-state index contributed by atoms with van der Waals surface area (Å²) in [7, 11) is 3.18. The molecule has 3 amide bonds. The zero-order valence-corrected chi connectivity index (χ0v) is 7.84. The Kier molecular flexibility index (Phi) is 3.06. The summed E-state index contributed by atoms with van der Waals surface area (Å²) in [6.45, 7) is 3.10. The van der Waals surface area contributed by atoms with Gasteiger partial charge in [-0.1, -0.05) is 0 Å². The average molecular weight is 173 g/mol. The molecule has 0 radical (unpaired) electrons. The van der Waals surface area contributed by atoms with Crippen molar-refractivity contribution in [3.63, 3.8) is 0 Å². The van der Waals surface area contributed by atoms with Crippen molar-refractivity contribution in [2.75, 3.05) is 14.1 Å². The SMILES string of the molecule is CN(C)C(=O)NC(C)(C)C(N)=O. The Balaban J connectivity index is 4.25. The summed E-state index contributed by atoms with van der Waals surface area (Å²) >= 11 is 0. The van der Waals surface area contributed by atoms with Crippen LogP contribution in [0, 0.1) is 0 Å². The minimum absolute atomic E-state index is 0.334. The largest absolute Gasteiger partial charge is 0.368 e. The summed E-state index contributed by atoms with van der Waals surface area (Å²) < 4.78 is 0. The van der Waals surface area contributed by atoms with Gasteiger partial charge in [0.2, 0.25) is 5.91 Å². The molecule has 5 nitrogen and oxygen atoms in total. The van der Waals surface area contributed by atoms with Crippen molar-refractivity contribution in [3.05, 3.63) is 0 Å². The van der Waals surface area contributed by atoms with Crippen LogP contribution in [0.15, 0.2) is 0 Å². The van der Waals surface area contributed by atoms with E-state index in [9.17, 15) is 9.59 Å². The average Bonchev–Trinajstić information content (AvgIpc) is 1.85. The fourth-order valence-electron chi connectivity index (χ4n) is 0.441. The number of primary amides is 1. The topological polar surface area (TPSA) is 75.4 Å². The molecule has 0 heterocycles. The van der Waals surface area contributed by atoms with E-state index in [2.05, 4.69) is 5.32 Å². The molecule has 0 rings (SSSR count). The third kappa shape index (κ3) is 2.77. The highest BCUT2D eigenvalue weighted by molar-refractivity contribution is 5.88. The molecule has 70 valence electrons. The third-order valence-electron chi connectivity index (χ3n) is 1.44. The third-order valence-corrected chi connectivity index (χ3v) is 1.44. The highest BCUT2D eigenvalue weighted by Crippen LogP contribution is 2.00. The zero-order valence-electron chi connectivity index (χ0n) is 7.84. The van der Waals surface area contributed by atoms with Gasteiger partial charge in [-0.05, 0) is 13.8 Å². The first-order valence-corrected chi connectivity index (χ1v) is 3.56. The lowest BCUT2D eigenvalue weighted by Gasteiger charge is -2.24. The van der Waals surface area contributed by atoms with Crippen LogP contribution in [0.1, 0.15) is 13.8 Å². The molecule has 12 heavy (non-hydrogen) atoms. The van der Waals surface area contributed by atoms with Crippen LogP contribution in [0.2, 0.25) is 0 Å². The number of hydrogen-bond acceptors (Lipinski definition) is 2. The number of hydrogen-bond donors (Lipinski definition) is 2. The number of rotatable bonds is 2. The van der Waals surface area contributed by atoms with Gasteiger partial charge in [-0.15, -0.1) is 0 Å². The lowest BCUT2D eigenvalue weighted by atomic mass is 10.1. The normalized spacial score (nSPS) is 10.7. The lowest BCUT2D eigenvalue weighted by Crippen LogP contribution is -2.55. The maximum absolute atomic E-state index is 11.1. The number of nitrogens with one attached hydrogen (secondary N) is 1. The summed E-state index contributed by atoms with van der Waals surface area (Å²) in [6, 6.07) is -0.334. The molecule has 0 aliphatic rings. The second-order valence-corrected chi connectivity index (χ2v) is 3.31. The van der Waals surface area contributed by atoms with Gasteiger partial charge in [0, 0.05) is 14.1 Å². The Bertz CT molecular complexity index is 199. The van der Waals surface area contributed by atoms with E-state index in [1.165, 1.54) is 4.90 Å². The van der Waals surface area contributed by atoms with Crippen LogP contribution in [-0.2, 0) is 4.79 Å². The van der Waals surface area contributed by atoms with E-state index in [1.54, 1.807) is 27.9 Å². The molecule has 0 saturated carbocycles. The monoisotopic (exact) mass is 173 g/mol. The van der Waals surface area contributed by atoms with Crippen molar-refractivity contribution in [2.24, 2.45) is 5.73 Å². The minimum atomic E-state index is -0.999. The molecule has 5 heteroatoms. The number of carbonyl (C=O) groups is 2. The van der Waals surface area contributed by atoms with E-state index < -0.39 is 11.4 Å². The molecular formula is C7H15N3O2. The Hall–Kier alpha value is -1.26. The van der Waals surface area contributed by atoms with Gasteiger partial charge >= 0.3 is 6.03 Å². The molecule has 0 bridgehead atoms. The number of nitrogens with zero attached hydrogens (tertiary/aromatic N) is 1. The van der Waals surface area contributed by atoms with Gasteiger partial charge in [-0.25, -0.2) is 4.79 Å². The molecule has 0 fully saturated rings. The smallest absolute Gasteiger partial charge is 0.317 e.